The van der Waals surface area contributed by atoms with Gasteiger partial charge in [-0.2, -0.15) is 5.10 Å². The fraction of sp³-hybridized carbons (Fsp3) is 0.375. The zero-order chi connectivity index (χ0) is 21.6. The number of piperazine rings is 1. The summed E-state index contributed by atoms with van der Waals surface area (Å²) in [6, 6.07) is 17.4. The van der Waals surface area contributed by atoms with Crippen molar-refractivity contribution in [2.24, 2.45) is 5.10 Å². The minimum absolute atomic E-state index is 0.0645. The molecule has 0 N–H and O–H groups in total. The fourth-order valence-corrected chi connectivity index (χ4v) is 3.84. The van der Waals surface area contributed by atoms with E-state index in [2.05, 4.69) is 10.0 Å². The Morgan fingerprint density at radius 1 is 1.00 bits per heavy atom. The lowest BCUT2D eigenvalue weighted by Crippen LogP contribution is -2.52. The van der Waals surface area contributed by atoms with Gasteiger partial charge in [-0.25, -0.2) is 5.01 Å². The molecule has 2 amide bonds. The number of hydrogen-bond acceptors (Lipinski definition) is 5. The van der Waals surface area contributed by atoms with E-state index in [0.717, 1.165) is 30.9 Å². The van der Waals surface area contributed by atoms with E-state index in [1.165, 1.54) is 5.01 Å². The molecule has 2 aliphatic heterocycles. The first kappa shape index (κ1) is 21.1. The van der Waals surface area contributed by atoms with Crippen LogP contribution in [0.2, 0.25) is 0 Å². The fourth-order valence-electron chi connectivity index (χ4n) is 3.84. The molecule has 0 saturated carbocycles. The van der Waals surface area contributed by atoms with Crippen LogP contribution in [0.25, 0.3) is 0 Å². The first-order chi connectivity index (χ1) is 15.1. The molecule has 0 aliphatic carbocycles. The van der Waals surface area contributed by atoms with E-state index in [9.17, 15) is 9.59 Å². The molecule has 0 spiro atoms. The third-order valence-corrected chi connectivity index (χ3v) is 5.60. The molecule has 7 heteroatoms. The van der Waals surface area contributed by atoms with E-state index in [0.29, 0.717) is 43.9 Å². The predicted molar refractivity (Wildman–Crippen MR) is 120 cm³/mol. The second-order valence-electron chi connectivity index (χ2n) is 7.89. The monoisotopic (exact) mass is 420 g/mol. The summed E-state index contributed by atoms with van der Waals surface area (Å²) in [5.41, 5.74) is 2.21. The Balaban J connectivity index is 1.30. The van der Waals surface area contributed by atoms with Crippen molar-refractivity contribution < 1.29 is 14.3 Å². The van der Waals surface area contributed by atoms with Crippen LogP contribution in [0.3, 0.4) is 0 Å². The Kier molecular flexibility index (Phi) is 6.62. The molecule has 7 nitrogen and oxygen atoms in total. The molecule has 4 rings (SSSR count). The first-order valence-electron chi connectivity index (χ1n) is 10.8. The second kappa shape index (κ2) is 9.75. The van der Waals surface area contributed by atoms with Crippen molar-refractivity contribution in [2.45, 2.75) is 19.8 Å². The van der Waals surface area contributed by atoms with Crippen LogP contribution in [0.1, 0.15) is 18.4 Å². The molecule has 2 heterocycles. The molecular formula is C24H28N4O3. The number of para-hydroxylation sites is 1. The summed E-state index contributed by atoms with van der Waals surface area (Å²) in [5, 5.41) is 5.80. The second-order valence-corrected chi connectivity index (χ2v) is 7.89. The highest BCUT2D eigenvalue weighted by Gasteiger charge is 2.30. The Hall–Kier alpha value is -3.19. The summed E-state index contributed by atoms with van der Waals surface area (Å²) in [6.07, 6.45) is 0.695. The number of rotatable bonds is 6. The summed E-state index contributed by atoms with van der Waals surface area (Å²) in [4.78, 5) is 29.5. The number of nitrogens with zero attached hydrogens (tertiary/aromatic N) is 4. The Bertz CT molecular complexity index is 952. The number of benzene rings is 2. The van der Waals surface area contributed by atoms with Crippen molar-refractivity contribution in [2.75, 3.05) is 44.3 Å². The van der Waals surface area contributed by atoms with Gasteiger partial charge in [0.1, 0.15) is 18.1 Å². The Labute approximate surface area is 182 Å². The maximum atomic E-state index is 13.0. The third-order valence-electron chi connectivity index (χ3n) is 5.60. The SMILES string of the molecule is Cc1cccc(N2N=C(C(=O)N3CCN(CCOc4ccccc4)CC3)CCC2=O)c1. The highest BCUT2D eigenvalue weighted by Crippen LogP contribution is 2.22. The average Bonchev–Trinajstić information content (AvgIpc) is 2.80. The van der Waals surface area contributed by atoms with Crippen LogP contribution in [0, 0.1) is 6.92 Å². The standard InChI is InChI=1S/C24H28N4O3/c1-19-6-5-7-20(18-19)28-23(29)11-10-22(25-28)24(30)27-14-12-26(13-15-27)16-17-31-21-8-3-2-4-9-21/h2-9,18H,10-17H2,1H3. The number of carbonyl (C=O) groups is 2. The molecule has 2 aromatic carbocycles. The van der Waals surface area contributed by atoms with Gasteiger partial charge < -0.3 is 9.64 Å². The van der Waals surface area contributed by atoms with Crippen LogP contribution in [0.5, 0.6) is 5.75 Å². The maximum absolute atomic E-state index is 13.0. The highest BCUT2D eigenvalue weighted by atomic mass is 16.5. The van der Waals surface area contributed by atoms with Crippen molar-refractivity contribution in [3.63, 3.8) is 0 Å². The molecular weight excluding hydrogens is 392 g/mol. The van der Waals surface area contributed by atoms with Crippen LogP contribution in [-0.4, -0.2) is 66.7 Å². The van der Waals surface area contributed by atoms with Gasteiger partial charge in [0, 0.05) is 45.6 Å². The van der Waals surface area contributed by atoms with Crippen molar-refractivity contribution >= 4 is 23.2 Å². The molecule has 0 bridgehead atoms. The molecule has 31 heavy (non-hydrogen) atoms. The lowest BCUT2D eigenvalue weighted by atomic mass is 10.1. The summed E-state index contributed by atoms with van der Waals surface area (Å²) in [5.74, 6) is 0.732. The average molecular weight is 421 g/mol. The van der Waals surface area contributed by atoms with Crippen LogP contribution < -0.4 is 9.75 Å². The van der Waals surface area contributed by atoms with Gasteiger partial charge in [0.05, 0.1) is 5.69 Å². The number of amides is 2. The molecule has 1 saturated heterocycles. The lowest BCUT2D eigenvalue weighted by molar-refractivity contribution is -0.126. The van der Waals surface area contributed by atoms with E-state index in [1.807, 2.05) is 66.4 Å². The predicted octanol–water partition coefficient (Wildman–Crippen LogP) is 2.70. The first-order valence-corrected chi connectivity index (χ1v) is 10.8. The molecule has 0 radical (unpaired) electrons. The van der Waals surface area contributed by atoms with Crippen molar-refractivity contribution in [1.82, 2.24) is 9.80 Å². The number of aryl methyl sites for hydroxylation is 1. The van der Waals surface area contributed by atoms with E-state index in [-0.39, 0.29) is 11.8 Å². The van der Waals surface area contributed by atoms with Gasteiger partial charge in [-0.3, -0.25) is 14.5 Å². The quantitative estimate of drug-likeness (QED) is 0.721. The van der Waals surface area contributed by atoms with Crippen LogP contribution in [0.15, 0.2) is 59.7 Å². The summed E-state index contributed by atoms with van der Waals surface area (Å²) in [6.45, 7) is 6.34. The minimum Gasteiger partial charge on any atom is -0.492 e. The third kappa shape index (κ3) is 5.30. The van der Waals surface area contributed by atoms with Gasteiger partial charge >= 0.3 is 0 Å². The van der Waals surface area contributed by atoms with Gasteiger partial charge in [-0.05, 0) is 36.8 Å². The number of anilines is 1. The van der Waals surface area contributed by atoms with Gasteiger partial charge in [0.15, 0.2) is 0 Å². The zero-order valence-corrected chi connectivity index (χ0v) is 17.9. The van der Waals surface area contributed by atoms with E-state index in [1.54, 1.807) is 0 Å². The number of carbonyl (C=O) groups excluding carboxylic acids is 2. The minimum atomic E-state index is -0.0783. The Morgan fingerprint density at radius 2 is 1.77 bits per heavy atom. The smallest absolute Gasteiger partial charge is 0.270 e. The molecule has 1 fully saturated rings. The van der Waals surface area contributed by atoms with Gasteiger partial charge in [0.2, 0.25) is 5.91 Å². The molecule has 0 aromatic heterocycles. The molecule has 162 valence electrons. The Morgan fingerprint density at radius 3 is 2.52 bits per heavy atom. The molecule has 0 unspecified atom stereocenters. The topological polar surface area (TPSA) is 65.5 Å². The normalized spacial score (nSPS) is 17.5. The number of ether oxygens (including phenoxy) is 1. The molecule has 0 atom stereocenters. The zero-order valence-electron chi connectivity index (χ0n) is 17.9. The maximum Gasteiger partial charge on any atom is 0.270 e. The van der Waals surface area contributed by atoms with Crippen LogP contribution >= 0.6 is 0 Å². The van der Waals surface area contributed by atoms with Crippen LogP contribution in [-0.2, 0) is 9.59 Å². The lowest BCUT2D eigenvalue weighted by Gasteiger charge is -2.35. The van der Waals surface area contributed by atoms with Gasteiger partial charge in [-0.15, -0.1) is 0 Å². The van der Waals surface area contributed by atoms with E-state index < -0.39 is 0 Å². The van der Waals surface area contributed by atoms with Gasteiger partial charge in [0.25, 0.3) is 5.91 Å². The van der Waals surface area contributed by atoms with E-state index >= 15 is 0 Å². The summed E-state index contributed by atoms with van der Waals surface area (Å²) < 4.78 is 5.77. The highest BCUT2D eigenvalue weighted by molar-refractivity contribution is 6.40. The number of hydrogen-bond donors (Lipinski definition) is 0. The summed E-state index contributed by atoms with van der Waals surface area (Å²) in [7, 11) is 0. The molecule has 2 aromatic rings. The van der Waals surface area contributed by atoms with Crippen LogP contribution in [0.4, 0.5) is 5.69 Å². The largest absolute Gasteiger partial charge is 0.492 e. The molecule has 2 aliphatic rings. The van der Waals surface area contributed by atoms with Gasteiger partial charge in [-0.1, -0.05) is 30.3 Å². The van der Waals surface area contributed by atoms with E-state index in [4.69, 9.17) is 4.74 Å². The van der Waals surface area contributed by atoms with Crippen molar-refractivity contribution in [3.8, 4) is 5.75 Å². The number of hydrazone groups is 1. The van der Waals surface area contributed by atoms with Crippen molar-refractivity contribution in [3.05, 3.63) is 60.2 Å². The van der Waals surface area contributed by atoms with Crippen molar-refractivity contribution in [1.29, 1.82) is 0 Å². The summed E-state index contributed by atoms with van der Waals surface area (Å²) >= 11 is 0.